The zero-order valence-electron chi connectivity index (χ0n) is 17.7. The lowest BCUT2D eigenvalue weighted by Gasteiger charge is -2.21. The molecule has 1 N–H and O–H groups in total. The number of rotatable bonds is 6. The second kappa shape index (κ2) is 8.88. The van der Waals surface area contributed by atoms with Crippen molar-refractivity contribution >= 4 is 28.4 Å². The largest absolute Gasteiger partial charge is 0.467 e. The van der Waals surface area contributed by atoms with Crippen LogP contribution in [0.4, 0.5) is 0 Å². The number of nitrogens with zero attached hydrogens (tertiary/aromatic N) is 2. The second-order valence-electron chi connectivity index (χ2n) is 7.51. The van der Waals surface area contributed by atoms with Gasteiger partial charge in [0.15, 0.2) is 0 Å². The van der Waals surface area contributed by atoms with Crippen molar-refractivity contribution in [2.24, 2.45) is 0 Å². The van der Waals surface area contributed by atoms with Crippen LogP contribution < -0.4 is 16.6 Å². The molecule has 0 saturated heterocycles. The SMILES string of the molecule is CC[C@H](C(=O)NCc1ccco1)n1c(=O)n(-c2cccc(C)c2)c(=O)c2ccc(Cl)cc21. The Morgan fingerprint density at radius 2 is 1.94 bits per heavy atom. The molecule has 0 radical (unpaired) electrons. The molecule has 32 heavy (non-hydrogen) atoms. The highest BCUT2D eigenvalue weighted by atomic mass is 35.5. The minimum absolute atomic E-state index is 0.188. The highest BCUT2D eigenvalue weighted by Crippen LogP contribution is 2.21. The molecule has 8 heteroatoms. The molecule has 0 bridgehead atoms. The van der Waals surface area contributed by atoms with Crippen LogP contribution in [0.2, 0.25) is 5.02 Å². The molecule has 4 aromatic rings. The predicted molar refractivity (Wildman–Crippen MR) is 123 cm³/mol. The summed E-state index contributed by atoms with van der Waals surface area (Å²) in [4.78, 5) is 40.0. The Bertz CT molecular complexity index is 1400. The lowest BCUT2D eigenvalue weighted by molar-refractivity contribution is -0.124. The summed E-state index contributed by atoms with van der Waals surface area (Å²) in [6.45, 7) is 3.88. The fourth-order valence-electron chi connectivity index (χ4n) is 3.79. The van der Waals surface area contributed by atoms with Gasteiger partial charge in [-0.3, -0.25) is 14.2 Å². The van der Waals surface area contributed by atoms with Crippen LogP contribution >= 0.6 is 11.6 Å². The van der Waals surface area contributed by atoms with Crippen molar-refractivity contribution in [3.63, 3.8) is 0 Å². The summed E-state index contributed by atoms with van der Waals surface area (Å²) in [6, 6.07) is 14.5. The number of amides is 1. The van der Waals surface area contributed by atoms with Crippen LogP contribution in [0.5, 0.6) is 0 Å². The van der Waals surface area contributed by atoms with E-state index < -0.39 is 17.3 Å². The topological polar surface area (TPSA) is 86.2 Å². The number of halogens is 1. The van der Waals surface area contributed by atoms with Crippen molar-refractivity contribution in [1.82, 2.24) is 14.5 Å². The first kappa shape index (κ1) is 21.6. The van der Waals surface area contributed by atoms with Gasteiger partial charge in [0.2, 0.25) is 5.91 Å². The van der Waals surface area contributed by atoms with Gasteiger partial charge in [0, 0.05) is 5.02 Å². The molecule has 0 fully saturated rings. The number of carbonyl (C=O) groups excluding carboxylic acids is 1. The number of aromatic nitrogens is 2. The number of benzene rings is 2. The van der Waals surface area contributed by atoms with Crippen LogP contribution in [0, 0.1) is 6.92 Å². The highest BCUT2D eigenvalue weighted by Gasteiger charge is 2.25. The fraction of sp³-hybridized carbons (Fsp3) is 0.208. The number of carbonyl (C=O) groups is 1. The van der Waals surface area contributed by atoms with Crippen molar-refractivity contribution in [3.8, 4) is 5.69 Å². The molecule has 7 nitrogen and oxygen atoms in total. The summed E-state index contributed by atoms with van der Waals surface area (Å²) in [5, 5.41) is 3.48. The summed E-state index contributed by atoms with van der Waals surface area (Å²) in [7, 11) is 0. The third-order valence-electron chi connectivity index (χ3n) is 5.33. The predicted octanol–water partition coefficient (Wildman–Crippen LogP) is 3.97. The molecule has 0 aliphatic heterocycles. The number of hydrogen-bond donors (Lipinski definition) is 1. The number of aryl methyl sites for hydroxylation is 1. The average molecular weight is 452 g/mol. The molecule has 2 heterocycles. The van der Waals surface area contributed by atoms with E-state index in [0.717, 1.165) is 10.1 Å². The van der Waals surface area contributed by atoms with Crippen LogP contribution in [0.15, 0.2) is 74.9 Å². The highest BCUT2D eigenvalue weighted by molar-refractivity contribution is 6.31. The molecule has 0 unspecified atom stereocenters. The maximum atomic E-state index is 13.6. The number of nitrogens with one attached hydrogen (secondary N) is 1. The minimum atomic E-state index is -0.852. The standard InChI is InChI=1S/C24H22ClN3O4/c1-3-20(22(29)26-14-18-8-5-11-32-18)28-21-13-16(25)9-10-19(21)23(30)27(24(28)31)17-7-4-6-15(2)12-17/h4-13,20H,3,14H2,1-2H3,(H,26,29)/t20-/m1/s1. The number of hydrogen-bond acceptors (Lipinski definition) is 4. The summed E-state index contributed by atoms with van der Waals surface area (Å²) in [6.07, 6.45) is 1.86. The molecule has 2 aromatic heterocycles. The Morgan fingerprint density at radius 1 is 1.12 bits per heavy atom. The van der Waals surface area contributed by atoms with E-state index >= 15 is 0 Å². The Hall–Kier alpha value is -3.58. The van der Waals surface area contributed by atoms with Gasteiger partial charge < -0.3 is 9.73 Å². The van der Waals surface area contributed by atoms with Crippen LogP contribution in [-0.2, 0) is 11.3 Å². The van der Waals surface area contributed by atoms with Gasteiger partial charge in [0.25, 0.3) is 5.56 Å². The van der Waals surface area contributed by atoms with Crippen LogP contribution in [0.25, 0.3) is 16.6 Å². The zero-order chi connectivity index (χ0) is 22.8. The van der Waals surface area contributed by atoms with Gasteiger partial charge in [0.1, 0.15) is 11.8 Å². The molecule has 0 aliphatic carbocycles. The second-order valence-corrected chi connectivity index (χ2v) is 7.95. The van der Waals surface area contributed by atoms with Gasteiger partial charge >= 0.3 is 5.69 Å². The molecule has 1 atom stereocenters. The molecule has 0 spiro atoms. The summed E-state index contributed by atoms with van der Waals surface area (Å²) < 4.78 is 7.72. The lowest BCUT2D eigenvalue weighted by atomic mass is 10.1. The van der Waals surface area contributed by atoms with Crippen LogP contribution in [0.1, 0.15) is 30.7 Å². The molecule has 0 aliphatic rings. The van der Waals surface area contributed by atoms with Crippen molar-refractivity contribution in [3.05, 3.63) is 98.0 Å². The first-order valence-electron chi connectivity index (χ1n) is 10.2. The molecular weight excluding hydrogens is 430 g/mol. The third-order valence-corrected chi connectivity index (χ3v) is 5.56. The zero-order valence-corrected chi connectivity index (χ0v) is 18.4. The van der Waals surface area contributed by atoms with Crippen LogP contribution in [0.3, 0.4) is 0 Å². The van der Waals surface area contributed by atoms with Gasteiger partial charge in [-0.25, -0.2) is 9.36 Å². The Labute approximate surface area is 188 Å². The van der Waals surface area contributed by atoms with E-state index in [2.05, 4.69) is 5.32 Å². The van der Waals surface area contributed by atoms with E-state index in [9.17, 15) is 14.4 Å². The minimum Gasteiger partial charge on any atom is -0.467 e. The lowest BCUT2D eigenvalue weighted by Crippen LogP contribution is -2.44. The molecule has 1 amide bonds. The van der Waals surface area contributed by atoms with Crippen molar-refractivity contribution in [1.29, 1.82) is 0 Å². The van der Waals surface area contributed by atoms with E-state index in [1.165, 1.54) is 10.8 Å². The molecular formula is C24H22ClN3O4. The van der Waals surface area contributed by atoms with E-state index in [0.29, 0.717) is 33.8 Å². The quantitative estimate of drug-likeness (QED) is 0.480. The summed E-state index contributed by atoms with van der Waals surface area (Å²) in [5.74, 6) is 0.236. The van der Waals surface area contributed by atoms with Crippen molar-refractivity contribution < 1.29 is 9.21 Å². The van der Waals surface area contributed by atoms with E-state index in [4.69, 9.17) is 16.0 Å². The van der Waals surface area contributed by atoms with Crippen LogP contribution in [-0.4, -0.2) is 15.0 Å². The monoisotopic (exact) mass is 451 g/mol. The maximum Gasteiger partial charge on any atom is 0.336 e. The van der Waals surface area contributed by atoms with Gasteiger partial charge in [0.05, 0.1) is 29.4 Å². The Kier molecular flexibility index (Phi) is 6.01. The fourth-order valence-corrected chi connectivity index (χ4v) is 3.96. The van der Waals surface area contributed by atoms with E-state index in [-0.39, 0.29) is 12.5 Å². The maximum absolute atomic E-state index is 13.6. The molecule has 164 valence electrons. The molecule has 4 rings (SSSR count). The Morgan fingerprint density at radius 3 is 2.62 bits per heavy atom. The van der Waals surface area contributed by atoms with E-state index in [1.54, 1.807) is 48.5 Å². The number of fused-ring (bicyclic) bond motifs is 1. The summed E-state index contributed by atoms with van der Waals surface area (Å²) in [5.41, 5.74) is 0.595. The number of furan rings is 1. The summed E-state index contributed by atoms with van der Waals surface area (Å²) >= 11 is 6.19. The first-order valence-corrected chi connectivity index (χ1v) is 10.6. The van der Waals surface area contributed by atoms with Crippen molar-refractivity contribution in [2.75, 3.05) is 0 Å². The van der Waals surface area contributed by atoms with Gasteiger partial charge in [-0.15, -0.1) is 0 Å². The Balaban J connectivity index is 1.92. The van der Waals surface area contributed by atoms with E-state index in [1.807, 2.05) is 19.9 Å². The average Bonchev–Trinajstić information content (AvgIpc) is 3.28. The van der Waals surface area contributed by atoms with Gasteiger partial charge in [-0.05, 0) is 61.4 Å². The van der Waals surface area contributed by atoms with Crippen molar-refractivity contribution in [2.45, 2.75) is 32.9 Å². The smallest absolute Gasteiger partial charge is 0.336 e. The molecule has 2 aromatic carbocycles. The first-order chi connectivity index (χ1) is 15.4. The van der Waals surface area contributed by atoms with Gasteiger partial charge in [-0.1, -0.05) is 30.7 Å². The molecule has 0 saturated carbocycles. The van der Waals surface area contributed by atoms with Gasteiger partial charge in [-0.2, -0.15) is 0 Å². The third kappa shape index (κ3) is 3.99. The normalized spacial score (nSPS) is 12.1.